The van der Waals surface area contributed by atoms with Gasteiger partial charge in [-0.05, 0) is 47.5 Å². The van der Waals surface area contributed by atoms with Crippen LogP contribution in [0.2, 0.25) is 0 Å². The van der Waals surface area contributed by atoms with Crippen molar-refractivity contribution < 1.29 is 14.3 Å². The molecule has 0 radical (unpaired) electrons. The molecule has 0 N–H and O–H groups in total. The van der Waals surface area contributed by atoms with Gasteiger partial charge in [-0.2, -0.15) is 4.68 Å². The molecular weight excluding hydrogens is 390 g/mol. The van der Waals surface area contributed by atoms with E-state index in [2.05, 4.69) is 28.5 Å². The average molecular weight is 411 g/mol. The molecule has 0 saturated carbocycles. The Morgan fingerprint density at radius 3 is 2.79 bits per heavy atom. The summed E-state index contributed by atoms with van der Waals surface area (Å²) in [5.41, 5.74) is 2.86. The molecule has 8 nitrogen and oxygen atoms in total. The third-order valence-electron chi connectivity index (χ3n) is 4.86. The van der Waals surface area contributed by atoms with Crippen LogP contribution < -0.4 is 14.4 Å². The Hall–Kier alpha value is -3.07. The Kier molecular flexibility index (Phi) is 5.39. The smallest absolute Gasteiger partial charge is 0.237 e. The van der Waals surface area contributed by atoms with E-state index < -0.39 is 0 Å². The van der Waals surface area contributed by atoms with E-state index in [9.17, 15) is 4.79 Å². The molecule has 4 rings (SSSR count). The predicted octanol–water partition coefficient (Wildman–Crippen LogP) is 2.75. The second-order valence-electron chi connectivity index (χ2n) is 6.65. The van der Waals surface area contributed by atoms with Crippen LogP contribution in [0.3, 0.4) is 0 Å². The molecule has 2 heterocycles. The molecule has 0 saturated heterocycles. The van der Waals surface area contributed by atoms with Crippen molar-refractivity contribution in [3.05, 3.63) is 48.0 Å². The minimum absolute atomic E-state index is 0.0312. The zero-order valence-electron chi connectivity index (χ0n) is 16.4. The van der Waals surface area contributed by atoms with Crippen molar-refractivity contribution in [1.82, 2.24) is 20.2 Å². The van der Waals surface area contributed by atoms with Crippen molar-refractivity contribution in [2.45, 2.75) is 24.5 Å². The number of tetrazole rings is 1. The number of carbonyl (C=O) groups excluding carboxylic acids is 1. The summed E-state index contributed by atoms with van der Waals surface area (Å²) in [6, 6.07) is 13.6. The van der Waals surface area contributed by atoms with Crippen LogP contribution in [-0.2, 0) is 11.2 Å². The molecule has 150 valence electrons. The van der Waals surface area contributed by atoms with Gasteiger partial charge in [-0.3, -0.25) is 4.79 Å². The molecule has 1 amide bonds. The number of rotatable bonds is 6. The number of fused-ring (bicyclic) bond motifs is 1. The minimum Gasteiger partial charge on any atom is -0.497 e. The topological polar surface area (TPSA) is 82.4 Å². The highest BCUT2D eigenvalue weighted by molar-refractivity contribution is 7.99. The molecule has 9 heteroatoms. The van der Waals surface area contributed by atoms with E-state index in [1.54, 1.807) is 25.0 Å². The molecule has 0 unspecified atom stereocenters. The first-order chi connectivity index (χ1) is 14.1. The number of thioether (sulfide) groups is 1. The van der Waals surface area contributed by atoms with Gasteiger partial charge in [-0.25, -0.2) is 0 Å². The van der Waals surface area contributed by atoms with Crippen molar-refractivity contribution in [3.63, 3.8) is 0 Å². The second-order valence-corrected chi connectivity index (χ2v) is 7.59. The van der Waals surface area contributed by atoms with Crippen molar-refractivity contribution >= 4 is 23.4 Å². The Bertz CT molecular complexity index is 1040. The van der Waals surface area contributed by atoms with Crippen molar-refractivity contribution in [2.75, 3.05) is 24.9 Å². The summed E-state index contributed by atoms with van der Waals surface area (Å²) in [6.07, 6.45) is 0.868. The van der Waals surface area contributed by atoms with E-state index in [0.29, 0.717) is 22.3 Å². The van der Waals surface area contributed by atoms with Crippen LogP contribution in [0.25, 0.3) is 5.69 Å². The Labute approximate surface area is 172 Å². The van der Waals surface area contributed by atoms with Gasteiger partial charge in [0, 0.05) is 17.8 Å². The van der Waals surface area contributed by atoms with Crippen LogP contribution in [-0.4, -0.2) is 52.1 Å². The maximum absolute atomic E-state index is 13.0. The van der Waals surface area contributed by atoms with E-state index in [-0.39, 0.29) is 17.7 Å². The Balaban J connectivity index is 1.53. The molecule has 1 aromatic heterocycles. The number of methoxy groups -OCH3 is 2. The summed E-state index contributed by atoms with van der Waals surface area (Å²) in [6.45, 7) is 2.06. The van der Waals surface area contributed by atoms with Crippen molar-refractivity contribution in [1.29, 1.82) is 0 Å². The summed E-state index contributed by atoms with van der Waals surface area (Å²) in [5, 5.41) is 12.4. The van der Waals surface area contributed by atoms with Gasteiger partial charge in [0.2, 0.25) is 11.1 Å². The standard InChI is InChI=1S/C20H21N5O3S/c1-13-10-14-6-4-5-7-16(14)24(13)19(26)12-29-20-21-22-23-25(20)17-9-8-15(27-2)11-18(17)28-3/h4-9,11,13H,10,12H2,1-3H3/t13-/m0/s1. The number of anilines is 1. The van der Waals surface area contributed by atoms with E-state index in [4.69, 9.17) is 9.47 Å². The number of hydrogen-bond acceptors (Lipinski definition) is 7. The summed E-state index contributed by atoms with van der Waals surface area (Å²) in [4.78, 5) is 14.8. The highest BCUT2D eigenvalue weighted by atomic mass is 32.2. The summed E-state index contributed by atoms with van der Waals surface area (Å²) < 4.78 is 12.3. The summed E-state index contributed by atoms with van der Waals surface area (Å²) in [7, 11) is 3.17. The van der Waals surface area contributed by atoms with E-state index in [1.807, 2.05) is 35.2 Å². The first kappa shape index (κ1) is 19.3. The van der Waals surface area contributed by atoms with Gasteiger partial charge in [0.25, 0.3) is 0 Å². The van der Waals surface area contributed by atoms with Crippen molar-refractivity contribution in [2.24, 2.45) is 0 Å². The SMILES string of the molecule is COc1ccc(-n2nnnc2SCC(=O)N2c3ccccc3C[C@@H]2C)c(OC)c1. The fourth-order valence-corrected chi connectivity index (χ4v) is 4.26. The van der Waals surface area contributed by atoms with Gasteiger partial charge < -0.3 is 14.4 Å². The third-order valence-corrected chi connectivity index (χ3v) is 5.76. The maximum Gasteiger partial charge on any atom is 0.237 e. The lowest BCUT2D eigenvalue weighted by Crippen LogP contribution is -2.37. The van der Waals surface area contributed by atoms with Crippen LogP contribution in [0.1, 0.15) is 12.5 Å². The molecule has 2 aromatic carbocycles. The van der Waals surface area contributed by atoms with Gasteiger partial charge in [-0.15, -0.1) is 5.10 Å². The molecule has 1 aliphatic rings. The summed E-state index contributed by atoms with van der Waals surface area (Å²) in [5.74, 6) is 1.51. The lowest BCUT2D eigenvalue weighted by molar-refractivity contribution is -0.116. The van der Waals surface area contributed by atoms with Gasteiger partial charge in [0.1, 0.15) is 17.2 Å². The number of para-hydroxylation sites is 1. The lowest BCUT2D eigenvalue weighted by atomic mass is 10.1. The number of amides is 1. The third kappa shape index (κ3) is 3.65. The molecule has 0 spiro atoms. The van der Waals surface area contributed by atoms with Crippen LogP contribution >= 0.6 is 11.8 Å². The number of ether oxygens (including phenoxy) is 2. The maximum atomic E-state index is 13.0. The molecular formula is C20H21N5O3S. The van der Waals surface area contributed by atoms with Crippen molar-refractivity contribution in [3.8, 4) is 17.2 Å². The van der Waals surface area contributed by atoms with Gasteiger partial charge in [0.15, 0.2) is 0 Å². The van der Waals surface area contributed by atoms with E-state index in [0.717, 1.165) is 12.1 Å². The Morgan fingerprint density at radius 1 is 1.17 bits per heavy atom. The zero-order chi connectivity index (χ0) is 20.4. The predicted molar refractivity (Wildman–Crippen MR) is 110 cm³/mol. The number of aromatic nitrogens is 4. The van der Waals surface area contributed by atoms with Crippen LogP contribution in [0, 0.1) is 0 Å². The first-order valence-corrected chi connectivity index (χ1v) is 10.1. The quantitative estimate of drug-likeness (QED) is 0.577. The largest absolute Gasteiger partial charge is 0.497 e. The summed E-state index contributed by atoms with van der Waals surface area (Å²) >= 11 is 1.30. The first-order valence-electron chi connectivity index (χ1n) is 9.16. The van der Waals surface area contributed by atoms with Gasteiger partial charge in [-0.1, -0.05) is 30.0 Å². The normalized spacial score (nSPS) is 15.3. The highest BCUT2D eigenvalue weighted by Gasteiger charge is 2.30. The molecule has 0 bridgehead atoms. The molecule has 1 aliphatic heterocycles. The lowest BCUT2D eigenvalue weighted by Gasteiger charge is -2.22. The second kappa shape index (κ2) is 8.12. The number of nitrogens with zero attached hydrogens (tertiary/aromatic N) is 5. The van der Waals surface area contributed by atoms with E-state index >= 15 is 0 Å². The Morgan fingerprint density at radius 2 is 2.00 bits per heavy atom. The van der Waals surface area contributed by atoms with E-state index in [1.165, 1.54) is 17.3 Å². The molecule has 3 aromatic rings. The highest BCUT2D eigenvalue weighted by Crippen LogP contribution is 2.33. The average Bonchev–Trinajstić information content (AvgIpc) is 3.34. The molecule has 29 heavy (non-hydrogen) atoms. The molecule has 0 aliphatic carbocycles. The van der Waals surface area contributed by atoms with Crippen LogP contribution in [0.15, 0.2) is 47.6 Å². The van der Waals surface area contributed by atoms with Crippen LogP contribution in [0.5, 0.6) is 11.5 Å². The van der Waals surface area contributed by atoms with Gasteiger partial charge >= 0.3 is 0 Å². The number of benzene rings is 2. The molecule has 1 atom stereocenters. The fraction of sp³-hybridized carbons (Fsp3) is 0.300. The van der Waals surface area contributed by atoms with Crippen LogP contribution in [0.4, 0.5) is 5.69 Å². The zero-order valence-corrected chi connectivity index (χ0v) is 17.2. The number of hydrogen-bond donors (Lipinski definition) is 0. The fourth-order valence-electron chi connectivity index (χ4n) is 3.52. The van der Waals surface area contributed by atoms with Gasteiger partial charge in [0.05, 0.1) is 20.0 Å². The molecule has 0 fully saturated rings. The minimum atomic E-state index is 0.0312. The monoisotopic (exact) mass is 411 g/mol. The number of carbonyl (C=O) groups is 1.